The molecule has 3 rings (SSSR count). The van der Waals surface area contributed by atoms with Gasteiger partial charge in [0.1, 0.15) is 0 Å². The molecule has 0 unspecified atom stereocenters. The predicted octanol–water partition coefficient (Wildman–Crippen LogP) is 14.7. The van der Waals surface area contributed by atoms with Crippen molar-refractivity contribution in [3.63, 3.8) is 0 Å². The quantitative estimate of drug-likeness (QED) is 0.0639. The van der Waals surface area contributed by atoms with Gasteiger partial charge in [-0.1, -0.05) is 155 Å². The van der Waals surface area contributed by atoms with Crippen LogP contribution in [-0.2, 0) is 0 Å². The summed E-state index contributed by atoms with van der Waals surface area (Å²) >= 11 is 0. The van der Waals surface area contributed by atoms with Gasteiger partial charge >= 0.3 is 0 Å². The van der Waals surface area contributed by atoms with Crippen LogP contribution in [0.2, 0.25) is 0 Å². The summed E-state index contributed by atoms with van der Waals surface area (Å²) in [4.78, 5) is 11.1. The number of rotatable bonds is 30. The lowest BCUT2D eigenvalue weighted by Crippen LogP contribution is -2.35. The van der Waals surface area contributed by atoms with Crippen molar-refractivity contribution in [2.75, 3.05) is 58.9 Å². The van der Waals surface area contributed by atoms with E-state index in [-0.39, 0.29) is 0 Å². The van der Waals surface area contributed by atoms with Crippen LogP contribution >= 0.6 is 0 Å². The fourth-order valence-corrected chi connectivity index (χ4v) is 7.54. The first-order valence-electron chi connectivity index (χ1n) is 22.0. The van der Waals surface area contributed by atoms with Crippen LogP contribution in [-0.4, -0.2) is 39.3 Å². The highest BCUT2D eigenvalue weighted by Gasteiger charge is 2.29. The van der Waals surface area contributed by atoms with E-state index < -0.39 is 0 Å². The minimum Gasteiger partial charge on any atom is -0.370 e. The second kappa shape index (κ2) is 26.6. The van der Waals surface area contributed by atoms with Gasteiger partial charge in [-0.25, -0.2) is 0 Å². The van der Waals surface area contributed by atoms with Crippen LogP contribution < -0.4 is 19.6 Å². The molecule has 0 N–H and O–H groups in total. The summed E-state index contributed by atoms with van der Waals surface area (Å²) in [7, 11) is 0. The maximum atomic E-state index is 2.87. The smallest absolute Gasteiger partial charge is 0.0870 e. The number of unbranched alkanes of at least 4 members (excludes halogenated alkanes) is 12. The fourth-order valence-electron chi connectivity index (χ4n) is 7.54. The highest BCUT2D eigenvalue weighted by Crippen LogP contribution is 2.50. The molecule has 290 valence electrons. The number of para-hydroxylation sites is 2. The minimum atomic E-state index is 1.10. The van der Waals surface area contributed by atoms with Crippen molar-refractivity contribution in [3.05, 3.63) is 72.8 Å². The number of hydrogen-bond donors (Lipinski definition) is 0. The third-order valence-corrected chi connectivity index (χ3v) is 10.5. The molecule has 0 atom stereocenters. The first kappa shape index (κ1) is 43.3. The zero-order chi connectivity index (χ0) is 37.2. The molecule has 52 heavy (non-hydrogen) atoms. The van der Waals surface area contributed by atoms with Crippen LogP contribution in [0.5, 0.6) is 0 Å². The first-order valence-corrected chi connectivity index (χ1v) is 22.0. The maximum Gasteiger partial charge on any atom is 0.0870 e. The van der Waals surface area contributed by atoms with Crippen molar-refractivity contribution in [2.45, 2.75) is 157 Å². The Bertz CT molecular complexity index is 1220. The standard InChI is InChI=1S/C48H78N4/c1-7-13-25-37-49(38-26-14-8-2)45-35-36-46(52(43-31-21-19-22-32-43)44-33-23-20-24-34-44)48(51(41-29-17-11-5)42-30-18-12-6)47(45)50(39-27-15-9-3)40-28-16-10-4/h19-24,31-36H,7-18,25-30,37-42H2,1-6H3. The number of benzene rings is 3. The lowest BCUT2D eigenvalue weighted by molar-refractivity contribution is 0.618. The van der Waals surface area contributed by atoms with Crippen LogP contribution in [0, 0.1) is 0 Å². The Morgan fingerprint density at radius 3 is 0.923 bits per heavy atom. The lowest BCUT2D eigenvalue weighted by Gasteiger charge is -2.41. The third-order valence-electron chi connectivity index (χ3n) is 10.5. The van der Waals surface area contributed by atoms with E-state index in [1.807, 2.05) is 0 Å². The van der Waals surface area contributed by atoms with Gasteiger partial charge in [0.15, 0.2) is 0 Å². The van der Waals surface area contributed by atoms with Gasteiger partial charge < -0.3 is 19.6 Å². The Morgan fingerprint density at radius 2 is 0.596 bits per heavy atom. The van der Waals surface area contributed by atoms with Crippen LogP contribution in [0.3, 0.4) is 0 Å². The summed E-state index contributed by atoms with van der Waals surface area (Å²) in [6.07, 6.45) is 22.6. The van der Waals surface area contributed by atoms with Gasteiger partial charge in [0.25, 0.3) is 0 Å². The Balaban J connectivity index is 2.47. The van der Waals surface area contributed by atoms with E-state index in [1.54, 1.807) is 0 Å². The monoisotopic (exact) mass is 711 g/mol. The molecule has 4 heteroatoms. The molecule has 0 radical (unpaired) electrons. The van der Waals surface area contributed by atoms with Gasteiger partial charge in [-0.15, -0.1) is 0 Å². The van der Waals surface area contributed by atoms with Crippen molar-refractivity contribution < 1.29 is 0 Å². The number of anilines is 6. The minimum absolute atomic E-state index is 1.10. The molecule has 3 aromatic rings. The Hall–Kier alpha value is -3.14. The molecule has 0 fully saturated rings. The normalized spacial score (nSPS) is 11.2. The van der Waals surface area contributed by atoms with Crippen molar-refractivity contribution in [1.82, 2.24) is 0 Å². The molecular weight excluding hydrogens is 633 g/mol. The highest BCUT2D eigenvalue weighted by molar-refractivity contribution is 5.97. The molecule has 4 nitrogen and oxygen atoms in total. The molecule has 3 aromatic carbocycles. The van der Waals surface area contributed by atoms with E-state index >= 15 is 0 Å². The van der Waals surface area contributed by atoms with Gasteiger partial charge in [-0.2, -0.15) is 0 Å². The third kappa shape index (κ3) is 14.0. The van der Waals surface area contributed by atoms with Crippen molar-refractivity contribution in [1.29, 1.82) is 0 Å². The molecule has 0 saturated heterocycles. The molecule has 0 aliphatic rings. The van der Waals surface area contributed by atoms with Crippen LogP contribution in [0.25, 0.3) is 0 Å². The van der Waals surface area contributed by atoms with Gasteiger partial charge in [-0.3, -0.25) is 0 Å². The van der Waals surface area contributed by atoms with Crippen LogP contribution in [0.1, 0.15) is 157 Å². The van der Waals surface area contributed by atoms with E-state index in [0.29, 0.717) is 0 Å². The summed E-state index contributed by atoms with van der Waals surface area (Å²) in [6, 6.07) is 27.3. The van der Waals surface area contributed by atoms with Crippen LogP contribution in [0.4, 0.5) is 34.1 Å². The zero-order valence-corrected chi connectivity index (χ0v) is 34.7. The summed E-state index contributed by atoms with van der Waals surface area (Å²) in [5, 5.41) is 0. The van der Waals surface area contributed by atoms with E-state index in [4.69, 9.17) is 0 Å². The zero-order valence-electron chi connectivity index (χ0n) is 34.7. The van der Waals surface area contributed by atoms with Gasteiger partial charge in [0, 0.05) is 50.6 Å². The van der Waals surface area contributed by atoms with Crippen LogP contribution in [0.15, 0.2) is 72.8 Å². The van der Waals surface area contributed by atoms with Gasteiger partial charge in [0.2, 0.25) is 0 Å². The Kier molecular flexibility index (Phi) is 22.1. The summed E-state index contributed by atoms with van der Waals surface area (Å²) in [5.74, 6) is 0. The molecular formula is C48H78N4. The number of hydrogen-bond acceptors (Lipinski definition) is 4. The molecule has 0 spiro atoms. The van der Waals surface area contributed by atoms with E-state index in [2.05, 4.69) is 134 Å². The molecule has 0 saturated carbocycles. The van der Waals surface area contributed by atoms with Gasteiger partial charge in [0.05, 0.1) is 22.7 Å². The van der Waals surface area contributed by atoms with E-state index in [0.717, 1.165) is 39.3 Å². The SMILES string of the molecule is CCCCCN(CCCCC)c1ccc(N(c2ccccc2)c2ccccc2)c(N(CCCCC)CCCCC)c1N(CCCCC)CCCCC. The largest absolute Gasteiger partial charge is 0.370 e. The van der Waals surface area contributed by atoms with Gasteiger partial charge in [-0.05, 0) is 74.9 Å². The summed E-state index contributed by atoms with van der Waals surface area (Å²) in [5.41, 5.74) is 8.20. The molecule has 0 amide bonds. The molecule has 0 aromatic heterocycles. The average Bonchev–Trinajstić information content (AvgIpc) is 3.17. The highest BCUT2D eigenvalue weighted by atomic mass is 15.3. The van der Waals surface area contributed by atoms with Crippen molar-refractivity contribution >= 4 is 34.1 Å². The van der Waals surface area contributed by atoms with E-state index in [1.165, 1.54) is 150 Å². The Morgan fingerprint density at radius 1 is 0.308 bits per heavy atom. The maximum absolute atomic E-state index is 2.87. The van der Waals surface area contributed by atoms with E-state index in [9.17, 15) is 0 Å². The number of nitrogens with zero attached hydrogens (tertiary/aromatic N) is 4. The molecule has 0 aliphatic heterocycles. The Labute approximate surface area is 322 Å². The first-order chi connectivity index (χ1) is 25.6. The van der Waals surface area contributed by atoms with Crippen molar-refractivity contribution in [3.8, 4) is 0 Å². The average molecular weight is 711 g/mol. The summed E-state index contributed by atoms with van der Waals surface area (Å²) in [6.45, 7) is 20.8. The molecule has 0 aliphatic carbocycles. The molecule has 0 bridgehead atoms. The predicted molar refractivity (Wildman–Crippen MR) is 235 cm³/mol. The fraction of sp³-hybridized carbons (Fsp3) is 0.625. The molecule has 0 heterocycles. The second-order valence-corrected chi connectivity index (χ2v) is 15.0. The summed E-state index contributed by atoms with van der Waals surface area (Å²) < 4.78 is 0. The topological polar surface area (TPSA) is 13.0 Å². The van der Waals surface area contributed by atoms with Crippen molar-refractivity contribution in [2.24, 2.45) is 0 Å². The second-order valence-electron chi connectivity index (χ2n) is 15.0. The lowest BCUT2D eigenvalue weighted by atomic mass is 10.0.